The third kappa shape index (κ3) is 7.49. The van der Waals surface area contributed by atoms with Crippen LogP contribution in [0.25, 0.3) is 0 Å². The van der Waals surface area contributed by atoms with Gasteiger partial charge in [0.05, 0.1) is 13.2 Å². The van der Waals surface area contributed by atoms with E-state index in [0.29, 0.717) is 19.7 Å². The van der Waals surface area contributed by atoms with Crippen LogP contribution in [0.1, 0.15) is 6.92 Å². The molecule has 4 heteroatoms. The Bertz CT molecular complexity index is 168. The number of ether oxygens (including phenoxy) is 1. The van der Waals surface area contributed by atoms with Gasteiger partial charge in [0.15, 0.2) is 0 Å². The summed E-state index contributed by atoms with van der Waals surface area (Å²) in [7, 11) is 1.87. The van der Waals surface area contributed by atoms with Crippen LogP contribution < -0.4 is 0 Å². The van der Waals surface area contributed by atoms with Gasteiger partial charge >= 0.3 is 5.97 Å². The molecule has 0 aliphatic rings. The number of hydrogen-bond acceptors (Lipinski definition) is 4. The Balaban J connectivity index is 3.55. The fraction of sp³-hybridized carbons (Fsp3) is 0.667. The predicted molar refractivity (Wildman–Crippen MR) is 50.4 cm³/mol. The third-order valence-electron chi connectivity index (χ3n) is 1.44. The summed E-state index contributed by atoms with van der Waals surface area (Å²) in [6, 6.07) is 0. The van der Waals surface area contributed by atoms with E-state index in [1.807, 2.05) is 11.9 Å². The SMILES string of the molecule is CCOC(=O)/C=C/CN(C)CCO. The van der Waals surface area contributed by atoms with E-state index >= 15 is 0 Å². The van der Waals surface area contributed by atoms with Crippen LogP contribution in [0, 0.1) is 0 Å². The third-order valence-corrected chi connectivity index (χ3v) is 1.44. The molecule has 0 spiro atoms. The van der Waals surface area contributed by atoms with Crippen molar-refractivity contribution in [2.24, 2.45) is 0 Å². The molecule has 0 aliphatic carbocycles. The second kappa shape index (κ2) is 7.76. The minimum atomic E-state index is -0.320. The highest BCUT2D eigenvalue weighted by Crippen LogP contribution is 1.85. The maximum absolute atomic E-state index is 10.8. The zero-order valence-electron chi connectivity index (χ0n) is 8.19. The first-order valence-corrected chi connectivity index (χ1v) is 4.33. The van der Waals surface area contributed by atoms with E-state index in [1.165, 1.54) is 6.08 Å². The highest BCUT2D eigenvalue weighted by molar-refractivity contribution is 5.81. The monoisotopic (exact) mass is 187 g/mol. The number of likely N-dealkylation sites (N-methyl/N-ethyl adjacent to an activating group) is 1. The Labute approximate surface area is 78.8 Å². The summed E-state index contributed by atoms with van der Waals surface area (Å²) >= 11 is 0. The van der Waals surface area contributed by atoms with Gasteiger partial charge in [-0.2, -0.15) is 0 Å². The molecular formula is C9H17NO3. The molecule has 76 valence electrons. The lowest BCUT2D eigenvalue weighted by Crippen LogP contribution is -2.22. The fourth-order valence-electron chi connectivity index (χ4n) is 0.781. The molecule has 0 bridgehead atoms. The van der Waals surface area contributed by atoms with Gasteiger partial charge in [0.1, 0.15) is 0 Å². The van der Waals surface area contributed by atoms with E-state index in [-0.39, 0.29) is 12.6 Å². The zero-order chi connectivity index (χ0) is 10.1. The van der Waals surface area contributed by atoms with E-state index < -0.39 is 0 Å². The molecule has 0 radical (unpaired) electrons. The van der Waals surface area contributed by atoms with Crippen molar-refractivity contribution in [1.29, 1.82) is 0 Å². The topological polar surface area (TPSA) is 49.8 Å². The maximum Gasteiger partial charge on any atom is 0.330 e. The predicted octanol–water partition coefficient (Wildman–Crippen LogP) is 0.0298. The van der Waals surface area contributed by atoms with Crippen molar-refractivity contribution in [3.05, 3.63) is 12.2 Å². The summed E-state index contributed by atoms with van der Waals surface area (Å²) in [6.45, 7) is 3.54. The Kier molecular flexibility index (Phi) is 7.24. The number of hydrogen-bond donors (Lipinski definition) is 1. The van der Waals surface area contributed by atoms with Crippen LogP contribution in [0.2, 0.25) is 0 Å². The van der Waals surface area contributed by atoms with Gasteiger partial charge in [-0.3, -0.25) is 0 Å². The summed E-state index contributed by atoms with van der Waals surface area (Å²) in [6.07, 6.45) is 3.12. The molecule has 0 heterocycles. The summed E-state index contributed by atoms with van der Waals surface area (Å²) < 4.78 is 4.69. The molecule has 0 rings (SSSR count). The number of aliphatic hydroxyl groups excluding tert-OH is 1. The zero-order valence-corrected chi connectivity index (χ0v) is 8.19. The van der Waals surface area contributed by atoms with Crippen molar-refractivity contribution in [2.75, 3.05) is 33.4 Å². The largest absolute Gasteiger partial charge is 0.463 e. The molecule has 0 fully saturated rings. The molecular weight excluding hydrogens is 170 g/mol. The van der Waals surface area contributed by atoms with Crippen molar-refractivity contribution < 1.29 is 14.6 Å². The lowest BCUT2D eigenvalue weighted by atomic mass is 10.4. The standard InChI is InChI=1S/C9H17NO3/c1-3-13-9(12)5-4-6-10(2)7-8-11/h4-5,11H,3,6-8H2,1-2H3/b5-4+. The van der Waals surface area contributed by atoms with Crippen LogP contribution in [-0.4, -0.2) is 49.3 Å². The summed E-state index contributed by atoms with van der Waals surface area (Å²) in [4.78, 5) is 12.7. The van der Waals surface area contributed by atoms with Gasteiger partial charge in [0.25, 0.3) is 0 Å². The van der Waals surface area contributed by atoms with Crippen molar-refractivity contribution in [3.8, 4) is 0 Å². The molecule has 0 unspecified atom stereocenters. The molecule has 0 atom stereocenters. The van der Waals surface area contributed by atoms with Crippen molar-refractivity contribution in [1.82, 2.24) is 4.90 Å². The van der Waals surface area contributed by atoms with E-state index in [9.17, 15) is 4.79 Å². The van der Waals surface area contributed by atoms with Gasteiger partial charge in [-0.25, -0.2) is 4.79 Å². The van der Waals surface area contributed by atoms with Crippen LogP contribution in [0.5, 0.6) is 0 Å². The van der Waals surface area contributed by atoms with E-state index in [1.54, 1.807) is 13.0 Å². The van der Waals surface area contributed by atoms with E-state index in [4.69, 9.17) is 9.84 Å². The molecule has 0 amide bonds. The number of aliphatic hydroxyl groups is 1. The average Bonchev–Trinajstić information content (AvgIpc) is 2.05. The van der Waals surface area contributed by atoms with Crippen LogP contribution >= 0.6 is 0 Å². The molecule has 0 aromatic rings. The normalized spacial score (nSPS) is 11.1. The number of rotatable bonds is 6. The van der Waals surface area contributed by atoms with Crippen LogP contribution in [-0.2, 0) is 9.53 Å². The Morgan fingerprint density at radius 2 is 2.31 bits per heavy atom. The summed E-state index contributed by atoms with van der Waals surface area (Å²) in [5.41, 5.74) is 0. The van der Waals surface area contributed by atoms with Crippen molar-refractivity contribution in [2.45, 2.75) is 6.92 Å². The minimum Gasteiger partial charge on any atom is -0.463 e. The van der Waals surface area contributed by atoms with Crippen LogP contribution in [0.15, 0.2) is 12.2 Å². The Morgan fingerprint density at radius 3 is 2.85 bits per heavy atom. The molecule has 0 saturated carbocycles. The fourth-order valence-corrected chi connectivity index (χ4v) is 0.781. The summed E-state index contributed by atoms with van der Waals surface area (Å²) in [5.74, 6) is -0.320. The smallest absolute Gasteiger partial charge is 0.330 e. The molecule has 0 aromatic carbocycles. The van der Waals surface area contributed by atoms with Crippen molar-refractivity contribution >= 4 is 5.97 Å². The van der Waals surface area contributed by atoms with Gasteiger partial charge < -0.3 is 14.7 Å². The first-order valence-electron chi connectivity index (χ1n) is 4.33. The average molecular weight is 187 g/mol. The molecule has 1 N–H and O–H groups in total. The second-order valence-corrected chi connectivity index (χ2v) is 2.64. The van der Waals surface area contributed by atoms with Crippen molar-refractivity contribution in [3.63, 3.8) is 0 Å². The van der Waals surface area contributed by atoms with E-state index in [2.05, 4.69) is 0 Å². The first-order chi connectivity index (χ1) is 6.20. The van der Waals surface area contributed by atoms with Gasteiger partial charge in [-0.05, 0) is 14.0 Å². The minimum absolute atomic E-state index is 0.129. The highest BCUT2D eigenvalue weighted by Gasteiger charge is 1.95. The number of carbonyl (C=O) groups excluding carboxylic acids is 1. The Morgan fingerprint density at radius 1 is 1.62 bits per heavy atom. The van der Waals surface area contributed by atoms with Crippen LogP contribution in [0.3, 0.4) is 0 Å². The highest BCUT2D eigenvalue weighted by atomic mass is 16.5. The lowest BCUT2D eigenvalue weighted by Gasteiger charge is -2.10. The van der Waals surface area contributed by atoms with Gasteiger partial charge in [0.2, 0.25) is 0 Å². The Hall–Kier alpha value is -0.870. The van der Waals surface area contributed by atoms with Gasteiger partial charge in [0, 0.05) is 19.2 Å². The van der Waals surface area contributed by atoms with Crippen LogP contribution in [0.4, 0.5) is 0 Å². The van der Waals surface area contributed by atoms with Gasteiger partial charge in [-0.1, -0.05) is 6.08 Å². The molecule has 13 heavy (non-hydrogen) atoms. The van der Waals surface area contributed by atoms with E-state index in [0.717, 1.165) is 0 Å². The molecule has 0 aliphatic heterocycles. The number of esters is 1. The first kappa shape index (κ1) is 12.1. The molecule has 0 saturated heterocycles. The quantitative estimate of drug-likeness (QED) is 0.471. The maximum atomic E-state index is 10.8. The molecule has 0 aromatic heterocycles. The second-order valence-electron chi connectivity index (χ2n) is 2.64. The number of carbonyl (C=O) groups is 1. The summed E-state index contributed by atoms with van der Waals surface area (Å²) in [5, 5.41) is 8.57. The molecule has 4 nitrogen and oxygen atoms in total. The van der Waals surface area contributed by atoms with Gasteiger partial charge in [-0.15, -0.1) is 0 Å². The lowest BCUT2D eigenvalue weighted by molar-refractivity contribution is -0.137. The number of nitrogens with zero attached hydrogens (tertiary/aromatic N) is 1.